The zero-order chi connectivity index (χ0) is 20.3. The summed E-state index contributed by atoms with van der Waals surface area (Å²) in [6.07, 6.45) is 0. The van der Waals surface area contributed by atoms with Crippen LogP contribution in [0.2, 0.25) is 10.0 Å². The van der Waals surface area contributed by atoms with E-state index in [2.05, 4.69) is 11.4 Å². The number of rotatable bonds is 4. The fourth-order valence-electron chi connectivity index (χ4n) is 2.87. The van der Waals surface area contributed by atoms with E-state index < -0.39 is 17.6 Å². The first-order valence-electron chi connectivity index (χ1n) is 8.41. The molecule has 1 atom stereocenters. The van der Waals surface area contributed by atoms with Crippen LogP contribution < -0.4 is 5.32 Å². The van der Waals surface area contributed by atoms with E-state index in [4.69, 9.17) is 23.2 Å². The van der Waals surface area contributed by atoms with E-state index >= 15 is 0 Å². The van der Waals surface area contributed by atoms with Gasteiger partial charge in [-0.25, -0.2) is 4.39 Å². The van der Waals surface area contributed by atoms with Crippen molar-refractivity contribution in [3.63, 3.8) is 0 Å². The largest absolute Gasteiger partial charge is 0.322 e. The predicted octanol–water partition coefficient (Wildman–Crippen LogP) is 6.35. The number of carbonyl (C=O) groups excluding carboxylic acids is 1. The number of hydrogen-bond acceptors (Lipinski definition) is 2. The highest BCUT2D eigenvalue weighted by atomic mass is 35.5. The number of benzene rings is 3. The van der Waals surface area contributed by atoms with Crippen LogP contribution in [0.5, 0.6) is 0 Å². The average Bonchev–Trinajstić information content (AvgIpc) is 2.67. The van der Waals surface area contributed by atoms with Crippen molar-refractivity contribution in [2.45, 2.75) is 12.8 Å². The number of anilines is 1. The Bertz CT molecular complexity index is 1070. The highest BCUT2D eigenvalue weighted by Gasteiger charge is 2.19. The number of nitrogens with zero attached hydrogens (tertiary/aromatic N) is 1. The van der Waals surface area contributed by atoms with Gasteiger partial charge in [0.2, 0.25) is 0 Å². The Balaban J connectivity index is 1.92. The van der Waals surface area contributed by atoms with E-state index in [1.54, 1.807) is 49.4 Å². The Morgan fingerprint density at radius 1 is 1.11 bits per heavy atom. The van der Waals surface area contributed by atoms with Crippen LogP contribution >= 0.6 is 23.2 Å². The molecule has 0 aliphatic heterocycles. The maximum Gasteiger partial charge on any atom is 0.258 e. The molecule has 3 aromatic carbocycles. The second-order valence-corrected chi connectivity index (χ2v) is 7.08. The number of nitrogens with one attached hydrogen (secondary N) is 1. The summed E-state index contributed by atoms with van der Waals surface area (Å²) >= 11 is 12.3. The van der Waals surface area contributed by atoms with Gasteiger partial charge in [0.05, 0.1) is 17.6 Å². The monoisotopic (exact) mass is 412 g/mol. The predicted molar refractivity (Wildman–Crippen MR) is 109 cm³/mol. The Hall–Kier alpha value is -2.87. The van der Waals surface area contributed by atoms with Gasteiger partial charge in [0.15, 0.2) is 0 Å². The average molecular weight is 413 g/mol. The first kappa shape index (κ1) is 19.9. The summed E-state index contributed by atoms with van der Waals surface area (Å²) < 4.78 is 13.8. The second-order valence-electron chi connectivity index (χ2n) is 6.24. The molecule has 0 fully saturated rings. The van der Waals surface area contributed by atoms with Gasteiger partial charge in [-0.1, -0.05) is 53.5 Å². The number of nitriles is 1. The lowest BCUT2D eigenvalue weighted by Gasteiger charge is -2.16. The number of amides is 1. The molecule has 0 heterocycles. The smallest absolute Gasteiger partial charge is 0.258 e. The Morgan fingerprint density at radius 3 is 2.43 bits per heavy atom. The molecule has 3 nitrogen and oxygen atoms in total. The fraction of sp³-hybridized carbons (Fsp3) is 0.0909. The van der Waals surface area contributed by atoms with Gasteiger partial charge in [0, 0.05) is 15.7 Å². The highest BCUT2D eigenvalue weighted by Crippen LogP contribution is 2.34. The molecule has 0 saturated carbocycles. The standard InChI is InChI=1S/C22H15Cl2FN2O/c1-13-10-17(18(12-26)14-6-8-15(23)9-7-14)19(24)11-21(13)27-22(28)16-4-2-3-5-20(16)25/h2-11,18H,1H3,(H,27,28). The minimum atomic E-state index is -0.604. The zero-order valence-electron chi connectivity index (χ0n) is 14.8. The van der Waals surface area contributed by atoms with Gasteiger partial charge in [-0.2, -0.15) is 5.26 Å². The molecule has 1 amide bonds. The molecule has 0 aliphatic carbocycles. The van der Waals surface area contributed by atoms with E-state index in [-0.39, 0.29) is 5.56 Å². The Labute approximate surface area is 172 Å². The first-order chi connectivity index (χ1) is 13.4. The Morgan fingerprint density at radius 2 is 1.79 bits per heavy atom. The molecule has 0 radical (unpaired) electrons. The van der Waals surface area contributed by atoms with Gasteiger partial charge in [0.1, 0.15) is 5.82 Å². The van der Waals surface area contributed by atoms with Gasteiger partial charge in [-0.3, -0.25) is 4.79 Å². The molecule has 28 heavy (non-hydrogen) atoms. The number of aryl methyl sites for hydroxylation is 1. The maximum atomic E-state index is 13.8. The lowest BCUT2D eigenvalue weighted by Crippen LogP contribution is -2.15. The molecule has 0 aromatic heterocycles. The number of carbonyl (C=O) groups is 1. The van der Waals surface area contributed by atoms with E-state index in [0.29, 0.717) is 26.9 Å². The fourth-order valence-corrected chi connectivity index (χ4v) is 3.27. The van der Waals surface area contributed by atoms with E-state index in [9.17, 15) is 14.4 Å². The van der Waals surface area contributed by atoms with Gasteiger partial charge < -0.3 is 5.32 Å². The summed E-state index contributed by atoms with van der Waals surface area (Å²) in [5.41, 5.74) is 2.48. The molecular formula is C22H15Cl2FN2O. The molecule has 0 aliphatic rings. The quantitative estimate of drug-likeness (QED) is 0.542. The van der Waals surface area contributed by atoms with Crippen LogP contribution in [-0.2, 0) is 0 Å². The molecule has 3 aromatic rings. The molecule has 0 bridgehead atoms. The summed E-state index contributed by atoms with van der Waals surface area (Å²) in [7, 11) is 0. The zero-order valence-corrected chi connectivity index (χ0v) is 16.4. The summed E-state index contributed by atoms with van der Waals surface area (Å²) in [4.78, 5) is 12.4. The molecule has 0 saturated heterocycles. The summed E-state index contributed by atoms with van der Waals surface area (Å²) in [5, 5.41) is 13.2. The third-order valence-electron chi connectivity index (χ3n) is 4.35. The third kappa shape index (κ3) is 4.17. The number of halogens is 3. The van der Waals surface area contributed by atoms with Crippen molar-refractivity contribution in [2.24, 2.45) is 0 Å². The Kier molecular flexibility index (Phi) is 5.99. The molecule has 3 rings (SSSR count). The van der Waals surface area contributed by atoms with E-state index in [1.807, 2.05) is 0 Å². The maximum absolute atomic E-state index is 13.8. The third-order valence-corrected chi connectivity index (χ3v) is 4.93. The van der Waals surface area contributed by atoms with E-state index in [1.165, 1.54) is 18.2 Å². The minimum Gasteiger partial charge on any atom is -0.322 e. The van der Waals surface area contributed by atoms with Crippen molar-refractivity contribution in [3.8, 4) is 6.07 Å². The molecule has 140 valence electrons. The summed E-state index contributed by atoms with van der Waals surface area (Å²) in [6.45, 7) is 1.78. The van der Waals surface area contributed by atoms with Gasteiger partial charge >= 0.3 is 0 Å². The molecule has 0 spiro atoms. The number of hydrogen-bond donors (Lipinski definition) is 1. The van der Waals surface area contributed by atoms with Crippen molar-refractivity contribution in [1.82, 2.24) is 0 Å². The van der Waals surface area contributed by atoms with Crippen LogP contribution in [0, 0.1) is 24.1 Å². The highest BCUT2D eigenvalue weighted by molar-refractivity contribution is 6.32. The summed E-state index contributed by atoms with van der Waals surface area (Å²) in [6, 6.07) is 18.3. The van der Waals surface area contributed by atoms with Crippen molar-refractivity contribution < 1.29 is 9.18 Å². The van der Waals surface area contributed by atoms with Crippen LogP contribution in [-0.4, -0.2) is 5.91 Å². The lowest BCUT2D eigenvalue weighted by molar-refractivity contribution is 0.102. The van der Waals surface area contributed by atoms with Gasteiger partial charge in [-0.15, -0.1) is 0 Å². The van der Waals surface area contributed by atoms with Crippen molar-refractivity contribution >= 4 is 34.8 Å². The second kappa shape index (κ2) is 8.43. The van der Waals surface area contributed by atoms with Crippen molar-refractivity contribution in [3.05, 3.63) is 98.8 Å². The molecule has 1 unspecified atom stereocenters. The van der Waals surface area contributed by atoms with E-state index in [0.717, 1.165) is 5.56 Å². The van der Waals surface area contributed by atoms with Gasteiger partial charge in [0.25, 0.3) is 5.91 Å². The first-order valence-corrected chi connectivity index (χ1v) is 9.17. The SMILES string of the molecule is Cc1cc(C(C#N)c2ccc(Cl)cc2)c(Cl)cc1NC(=O)c1ccccc1F. The van der Waals surface area contributed by atoms with Crippen LogP contribution in [0.4, 0.5) is 10.1 Å². The molecule has 1 N–H and O–H groups in total. The van der Waals surface area contributed by atoms with Crippen LogP contribution in [0.3, 0.4) is 0 Å². The topological polar surface area (TPSA) is 52.9 Å². The normalized spacial score (nSPS) is 11.5. The van der Waals surface area contributed by atoms with Crippen molar-refractivity contribution in [2.75, 3.05) is 5.32 Å². The van der Waals surface area contributed by atoms with Crippen LogP contribution in [0.15, 0.2) is 60.7 Å². The molecular weight excluding hydrogens is 398 g/mol. The van der Waals surface area contributed by atoms with Crippen molar-refractivity contribution in [1.29, 1.82) is 5.26 Å². The minimum absolute atomic E-state index is 0.0573. The lowest BCUT2D eigenvalue weighted by atomic mass is 9.91. The van der Waals surface area contributed by atoms with Gasteiger partial charge in [-0.05, 0) is 53.9 Å². The van der Waals surface area contributed by atoms with Crippen LogP contribution in [0.1, 0.15) is 33.0 Å². The van der Waals surface area contributed by atoms with Crippen LogP contribution in [0.25, 0.3) is 0 Å². The summed E-state index contributed by atoms with van der Waals surface area (Å²) in [5.74, 6) is -1.76. The molecule has 6 heteroatoms.